The fourth-order valence-corrected chi connectivity index (χ4v) is 3.27. The van der Waals surface area contributed by atoms with Crippen molar-refractivity contribution in [3.05, 3.63) is 35.4 Å². The predicted molar refractivity (Wildman–Crippen MR) is 85.0 cm³/mol. The lowest BCUT2D eigenvalue weighted by molar-refractivity contribution is 0.0925. The van der Waals surface area contributed by atoms with Crippen LogP contribution in [0.15, 0.2) is 24.3 Å². The Morgan fingerprint density at radius 2 is 1.95 bits per heavy atom. The molecular weight excluding hydrogens is 246 g/mol. The summed E-state index contributed by atoms with van der Waals surface area (Å²) < 4.78 is 0. The molecule has 2 N–H and O–H groups in total. The number of aliphatic hydroxyl groups is 1. The molecule has 0 aliphatic heterocycles. The Bertz CT molecular complexity index is 408. The van der Waals surface area contributed by atoms with Crippen LogP contribution in [0.4, 0.5) is 0 Å². The van der Waals surface area contributed by atoms with Crippen molar-refractivity contribution in [3.8, 4) is 0 Å². The Kier molecular flexibility index (Phi) is 5.62. The van der Waals surface area contributed by atoms with Gasteiger partial charge >= 0.3 is 0 Å². The summed E-state index contributed by atoms with van der Waals surface area (Å²) in [7, 11) is 0. The molecule has 1 saturated carbocycles. The second-order valence-corrected chi connectivity index (χ2v) is 6.33. The summed E-state index contributed by atoms with van der Waals surface area (Å²) in [5.74, 6) is 1.15. The highest BCUT2D eigenvalue weighted by Crippen LogP contribution is 2.37. The van der Waals surface area contributed by atoms with Gasteiger partial charge in [-0.15, -0.1) is 0 Å². The second-order valence-electron chi connectivity index (χ2n) is 6.33. The van der Waals surface area contributed by atoms with Crippen molar-refractivity contribution in [2.24, 2.45) is 5.92 Å². The van der Waals surface area contributed by atoms with E-state index >= 15 is 0 Å². The van der Waals surface area contributed by atoms with Crippen LogP contribution in [0.5, 0.6) is 0 Å². The van der Waals surface area contributed by atoms with Crippen LogP contribution in [0, 0.1) is 12.8 Å². The summed E-state index contributed by atoms with van der Waals surface area (Å²) in [4.78, 5) is 0. The van der Waals surface area contributed by atoms with Gasteiger partial charge in [-0.1, -0.05) is 56.5 Å². The Balaban J connectivity index is 1.72. The Hall–Kier alpha value is -0.860. The topological polar surface area (TPSA) is 32.3 Å². The van der Waals surface area contributed by atoms with Gasteiger partial charge in [0.25, 0.3) is 0 Å². The van der Waals surface area contributed by atoms with E-state index in [4.69, 9.17) is 0 Å². The van der Waals surface area contributed by atoms with Gasteiger partial charge in [0, 0.05) is 12.6 Å². The first-order valence-corrected chi connectivity index (χ1v) is 8.12. The molecule has 1 aliphatic rings. The van der Waals surface area contributed by atoms with E-state index in [0.29, 0.717) is 17.9 Å². The maximum Gasteiger partial charge on any atom is 0.0692 e. The molecule has 20 heavy (non-hydrogen) atoms. The van der Waals surface area contributed by atoms with Gasteiger partial charge in [-0.05, 0) is 37.2 Å². The van der Waals surface area contributed by atoms with E-state index in [2.05, 4.69) is 50.4 Å². The Morgan fingerprint density at radius 3 is 2.55 bits per heavy atom. The number of hydrogen-bond donors (Lipinski definition) is 2. The van der Waals surface area contributed by atoms with Crippen LogP contribution in [0.3, 0.4) is 0 Å². The van der Waals surface area contributed by atoms with Crippen LogP contribution in [0.25, 0.3) is 0 Å². The number of rotatable bonds is 7. The first-order valence-electron chi connectivity index (χ1n) is 8.12. The maximum absolute atomic E-state index is 10.1. The largest absolute Gasteiger partial charge is 0.392 e. The lowest BCUT2D eigenvalue weighted by Crippen LogP contribution is -2.44. The van der Waals surface area contributed by atoms with Gasteiger partial charge in [-0.3, -0.25) is 0 Å². The smallest absolute Gasteiger partial charge is 0.0692 e. The fourth-order valence-electron chi connectivity index (χ4n) is 3.27. The van der Waals surface area contributed by atoms with Gasteiger partial charge in [-0.25, -0.2) is 0 Å². The van der Waals surface area contributed by atoms with E-state index in [1.165, 1.54) is 24.0 Å². The molecule has 0 spiro atoms. The molecule has 1 aromatic carbocycles. The summed E-state index contributed by atoms with van der Waals surface area (Å²) in [5.41, 5.74) is 2.83. The zero-order chi connectivity index (χ0) is 14.5. The zero-order valence-corrected chi connectivity index (χ0v) is 13.1. The van der Waals surface area contributed by atoms with E-state index < -0.39 is 0 Å². The SMILES string of the molecule is CCC(CC)C(O)CNC1CC(c2cccc(C)c2)C1. The molecule has 2 rings (SSSR count). The molecule has 0 bridgehead atoms. The van der Waals surface area contributed by atoms with E-state index in [1.54, 1.807) is 0 Å². The quantitative estimate of drug-likeness (QED) is 0.796. The third-order valence-corrected chi connectivity index (χ3v) is 4.86. The summed E-state index contributed by atoms with van der Waals surface area (Å²) >= 11 is 0. The Labute approximate surface area is 123 Å². The van der Waals surface area contributed by atoms with Crippen LogP contribution in [0.2, 0.25) is 0 Å². The minimum atomic E-state index is -0.192. The Morgan fingerprint density at radius 1 is 1.25 bits per heavy atom. The second kappa shape index (κ2) is 7.24. The molecule has 0 saturated heterocycles. The lowest BCUT2D eigenvalue weighted by atomic mass is 9.75. The van der Waals surface area contributed by atoms with Crippen LogP contribution < -0.4 is 5.32 Å². The first-order chi connectivity index (χ1) is 9.63. The molecular formula is C18H29NO. The normalized spacial score (nSPS) is 23.6. The third kappa shape index (κ3) is 3.83. The number of aryl methyl sites for hydroxylation is 1. The number of aliphatic hydroxyl groups excluding tert-OH is 1. The van der Waals surface area contributed by atoms with E-state index in [1.807, 2.05) is 0 Å². The summed E-state index contributed by atoms with van der Waals surface area (Å²) in [6, 6.07) is 9.45. The molecule has 1 atom stereocenters. The highest BCUT2D eigenvalue weighted by molar-refractivity contribution is 5.27. The van der Waals surface area contributed by atoms with Crippen LogP contribution >= 0.6 is 0 Å². The van der Waals surface area contributed by atoms with Crippen molar-refractivity contribution in [2.45, 2.75) is 64.5 Å². The number of hydrogen-bond acceptors (Lipinski definition) is 2. The highest BCUT2D eigenvalue weighted by atomic mass is 16.3. The molecule has 1 aromatic rings. The number of benzene rings is 1. The minimum absolute atomic E-state index is 0.192. The molecule has 112 valence electrons. The van der Waals surface area contributed by atoms with Gasteiger partial charge in [0.05, 0.1) is 6.10 Å². The average Bonchev–Trinajstić information content (AvgIpc) is 2.38. The standard InChI is InChI=1S/C18H29NO/c1-4-14(5-2)18(20)12-19-17-10-16(11-17)15-8-6-7-13(3)9-15/h6-9,14,16-20H,4-5,10-12H2,1-3H3. The summed E-state index contributed by atoms with van der Waals surface area (Å²) in [6.07, 6.45) is 4.35. The molecule has 0 amide bonds. The van der Waals surface area contributed by atoms with Gasteiger partial charge in [0.15, 0.2) is 0 Å². The highest BCUT2D eigenvalue weighted by Gasteiger charge is 2.30. The average molecular weight is 275 g/mol. The molecule has 2 heteroatoms. The maximum atomic E-state index is 10.1. The minimum Gasteiger partial charge on any atom is -0.392 e. The van der Waals surface area contributed by atoms with Crippen molar-refractivity contribution in [1.29, 1.82) is 0 Å². The van der Waals surface area contributed by atoms with E-state index in [0.717, 1.165) is 19.4 Å². The van der Waals surface area contributed by atoms with Crippen LogP contribution in [0.1, 0.15) is 56.6 Å². The fraction of sp³-hybridized carbons (Fsp3) is 0.667. The van der Waals surface area contributed by atoms with Gasteiger partial charge < -0.3 is 10.4 Å². The lowest BCUT2D eigenvalue weighted by Gasteiger charge is -2.37. The van der Waals surface area contributed by atoms with Gasteiger partial charge in [0.2, 0.25) is 0 Å². The summed E-state index contributed by atoms with van der Waals surface area (Å²) in [5, 5.41) is 13.7. The van der Waals surface area contributed by atoms with Crippen molar-refractivity contribution in [2.75, 3.05) is 6.54 Å². The van der Waals surface area contributed by atoms with Crippen LogP contribution in [-0.4, -0.2) is 23.8 Å². The molecule has 0 aromatic heterocycles. The predicted octanol–water partition coefficient (Wildman–Crippen LogP) is 3.63. The van der Waals surface area contributed by atoms with Gasteiger partial charge in [-0.2, -0.15) is 0 Å². The zero-order valence-electron chi connectivity index (χ0n) is 13.1. The molecule has 1 aliphatic carbocycles. The van der Waals surface area contributed by atoms with E-state index in [-0.39, 0.29) is 6.10 Å². The van der Waals surface area contributed by atoms with Crippen molar-refractivity contribution in [1.82, 2.24) is 5.32 Å². The molecule has 1 fully saturated rings. The summed E-state index contributed by atoms with van der Waals surface area (Å²) in [6.45, 7) is 7.23. The molecule has 0 heterocycles. The first kappa shape index (κ1) is 15.5. The van der Waals surface area contributed by atoms with Crippen molar-refractivity contribution >= 4 is 0 Å². The van der Waals surface area contributed by atoms with Crippen molar-refractivity contribution < 1.29 is 5.11 Å². The monoisotopic (exact) mass is 275 g/mol. The van der Waals surface area contributed by atoms with Crippen molar-refractivity contribution in [3.63, 3.8) is 0 Å². The molecule has 1 unspecified atom stereocenters. The molecule has 2 nitrogen and oxygen atoms in total. The number of nitrogens with one attached hydrogen (secondary N) is 1. The van der Waals surface area contributed by atoms with E-state index in [9.17, 15) is 5.11 Å². The van der Waals surface area contributed by atoms with Gasteiger partial charge in [0.1, 0.15) is 0 Å². The molecule has 0 radical (unpaired) electrons. The van der Waals surface area contributed by atoms with Crippen LogP contribution in [-0.2, 0) is 0 Å². The third-order valence-electron chi connectivity index (χ3n) is 4.86.